The predicted octanol–water partition coefficient (Wildman–Crippen LogP) is 2.02. The van der Waals surface area contributed by atoms with Gasteiger partial charge in [-0.15, -0.1) is 0 Å². The molecule has 0 aromatic rings. The third-order valence-corrected chi connectivity index (χ3v) is 2.83. The van der Waals surface area contributed by atoms with E-state index in [1.165, 1.54) is 0 Å². The minimum atomic E-state index is 0.312. The smallest absolute Gasteiger partial charge is 0.140 e. The van der Waals surface area contributed by atoms with E-state index in [0.717, 1.165) is 19.4 Å². The molecule has 0 aliphatic rings. The van der Waals surface area contributed by atoms with Crippen molar-refractivity contribution in [3.8, 4) is 0 Å². The fourth-order valence-corrected chi connectivity index (χ4v) is 1.91. The van der Waals surface area contributed by atoms with E-state index in [2.05, 4.69) is 37.8 Å². The Morgan fingerprint density at radius 3 is 2.20 bits per heavy atom. The maximum atomic E-state index is 8.48. The van der Waals surface area contributed by atoms with Crippen molar-refractivity contribution in [2.75, 3.05) is 6.54 Å². The molecular formula is C11H25N3O. The molecule has 0 aromatic heterocycles. The summed E-state index contributed by atoms with van der Waals surface area (Å²) in [6.45, 7) is 9.63. The number of nitrogens with zero attached hydrogens (tertiary/aromatic N) is 2. The van der Waals surface area contributed by atoms with Gasteiger partial charge in [-0.25, -0.2) is 0 Å². The van der Waals surface area contributed by atoms with Gasteiger partial charge < -0.3 is 10.9 Å². The van der Waals surface area contributed by atoms with Gasteiger partial charge in [0.2, 0.25) is 0 Å². The van der Waals surface area contributed by atoms with Crippen LogP contribution in [0.15, 0.2) is 5.16 Å². The van der Waals surface area contributed by atoms with Crippen molar-refractivity contribution in [3.05, 3.63) is 0 Å². The molecule has 0 aromatic carbocycles. The summed E-state index contributed by atoms with van der Waals surface area (Å²) in [7, 11) is 0. The average molecular weight is 215 g/mol. The Labute approximate surface area is 93.1 Å². The van der Waals surface area contributed by atoms with E-state index < -0.39 is 0 Å². The van der Waals surface area contributed by atoms with E-state index in [9.17, 15) is 0 Å². The highest BCUT2D eigenvalue weighted by Crippen LogP contribution is 2.12. The van der Waals surface area contributed by atoms with Gasteiger partial charge in [-0.1, -0.05) is 19.0 Å². The van der Waals surface area contributed by atoms with E-state index >= 15 is 0 Å². The van der Waals surface area contributed by atoms with E-state index in [4.69, 9.17) is 10.9 Å². The third kappa shape index (κ3) is 5.02. The second-order valence-corrected chi connectivity index (χ2v) is 4.14. The molecule has 0 saturated heterocycles. The van der Waals surface area contributed by atoms with Crippen LogP contribution in [0.3, 0.4) is 0 Å². The molecule has 0 unspecified atom stereocenters. The molecule has 0 amide bonds. The summed E-state index contributed by atoms with van der Waals surface area (Å²) in [4.78, 5) is 2.41. The molecule has 0 aliphatic heterocycles. The molecule has 3 N–H and O–H groups in total. The summed E-state index contributed by atoms with van der Waals surface area (Å²) in [5, 5.41) is 11.5. The van der Waals surface area contributed by atoms with Crippen molar-refractivity contribution in [3.63, 3.8) is 0 Å². The zero-order valence-corrected chi connectivity index (χ0v) is 10.4. The summed E-state index contributed by atoms with van der Waals surface area (Å²) in [6, 6.07) is 1.10. The summed E-state index contributed by atoms with van der Waals surface area (Å²) in [5.74, 6) is 0.312. The average Bonchev–Trinajstić information content (AvgIpc) is 2.23. The lowest BCUT2D eigenvalue weighted by atomic mass is 10.1. The number of hydrogen-bond donors (Lipinski definition) is 2. The van der Waals surface area contributed by atoms with Crippen LogP contribution in [0, 0.1) is 0 Å². The van der Waals surface area contributed by atoms with Crippen LogP contribution in [-0.4, -0.2) is 34.6 Å². The molecule has 0 atom stereocenters. The van der Waals surface area contributed by atoms with Gasteiger partial charge >= 0.3 is 0 Å². The summed E-state index contributed by atoms with van der Waals surface area (Å²) in [6.07, 6.45) is 2.92. The topological polar surface area (TPSA) is 61.8 Å². The quantitative estimate of drug-likeness (QED) is 0.295. The monoisotopic (exact) mass is 215 g/mol. The van der Waals surface area contributed by atoms with Crippen molar-refractivity contribution in [1.82, 2.24) is 4.90 Å². The molecule has 4 nitrogen and oxygen atoms in total. The van der Waals surface area contributed by atoms with Crippen LogP contribution >= 0.6 is 0 Å². The number of nitrogens with two attached hydrogens (primary N) is 1. The zero-order valence-electron chi connectivity index (χ0n) is 10.4. The fraction of sp³-hybridized carbons (Fsp3) is 0.909. The van der Waals surface area contributed by atoms with Crippen LogP contribution in [0.25, 0.3) is 0 Å². The zero-order chi connectivity index (χ0) is 11.8. The summed E-state index contributed by atoms with van der Waals surface area (Å²) >= 11 is 0. The maximum absolute atomic E-state index is 8.48. The lowest BCUT2D eigenvalue weighted by Gasteiger charge is -2.33. The minimum Gasteiger partial charge on any atom is -0.409 e. The molecule has 15 heavy (non-hydrogen) atoms. The van der Waals surface area contributed by atoms with Crippen molar-refractivity contribution in [2.45, 2.75) is 59.0 Å². The molecule has 0 spiro atoms. The van der Waals surface area contributed by atoms with Gasteiger partial charge in [-0.2, -0.15) is 0 Å². The van der Waals surface area contributed by atoms with Gasteiger partial charge in [-0.05, 0) is 26.7 Å². The Morgan fingerprint density at radius 1 is 1.33 bits per heavy atom. The highest BCUT2D eigenvalue weighted by atomic mass is 16.4. The Bertz CT molecular complexity index is 188. The fourth-order valence-electron chi connectivity index (χ4n) is 1.91. The molecule has 90 valence electrons. The minimum absolute atomic E-state index is 0.312. The standard InChI is InChI=1S/C11H25N3O/c1-5-10(6-2)14(9(3)4)8-7-11(12)13-15/h9-10,15H,5-8H2,1-4H3,(H2,12,13). The first kappa shape index (κ1) is 14.2. The van der Waals surface area contributed by atoms with Gasteiger partial charge in [0.15, 0.2) is 0 Å². The first-order chi connectivity index (χ1) is 7.06. The molecule has 4 heteroatoms. The van der Waals surface area contributed by atoms with Gasteiger partial charge in [0.1, 0.15) is 5.84 Å². The van der Waals surface area contributed by atoms with Crippen LogP contribution in [0.2, 0.25) is 0 Å². The molecule has 0 aliphatic carbocycles. The number of hydrogen-bond acceptors (Lipinski definition) is 3. The second-order valence-electron chi connectivity index (χ2n) is 4.14. The molecule has 0 radical (unpaired) electrons. The summed E-state index contributed by atoms with van der Waals surface area (Å²) < 4.78 is 0. The summed E-state index contributed by atoms with van der Waals surface area (Å²) in [5.41, 5.74) is 5.48. The van der Waals surface area contributed by atoms with Crippen LogP contribution in [0.4, 0.5) is 0 Å². The molecule has 0 saturated carbocycles. The molecule has 0 heterocycles. The van der Waals surface area contributed by atoms with Crippen molar-refractivity contribution < 1.29 is 5.21 Å². The number of oxime groups is 1. The van der Waals surface area contributed by atoms with Crippen LogP contribution in [0.5, 0.6) is 0 Å². The normalized spacial score (nSPS) is 13.1. The van der Waals surface area contributed by atoms with Crippen LogP contribution in [0.1, 0.15) is 47.0 Å². The lowest BCUT2D eigenvalue weighted by molar-refractivity contribution is 0.148. The van der Waals surface area contributed by atoms with Crippen LogP contribution in [-0.2, 0) is 0 Å². The van der Waals surface area contributed by atoms with Crippen molar-refractivity contribution in [1.29, 1.82) is 0 Å². The number of rotatable bonds is 7. The van der Waals surface area contributed by atoms with E-state index in [1.54, 1.807) is 0 Å². The van der Waals surface area contributed by atoms with Gasteiger partial charge in [0.25, 0.3) is 0 Å². The molecule has 0 bridgehead atoms. The third-order valence-electron chi connectivity index (χ3n) is 2.83. The highest BCUT2D eigenvalue weighted by Gasteiger charge is 2.17. The van der Waals surface area contributed by atoms with Crippen LogP contribution < -0.4 is 5.73 Å². The van der Waals surface area contributed by atoms with Gasteiger partial charge in [-0.3, -0.25) is 4.90 Å². The largest absolute Gasteiger partial charge is 0.409 e. The first-order valence-electron chi connectivity index (χ1n) is 5.78. The van der Waals surface area contributed by atoms with E-state index in [0.29, 0.717) is 24.3 Å². The second kappa shape index (κ2) is 7.51. The maximum Gasteiger partial charge on any atom is 0.140 e. The van der Waals surface area contributed by atoms with Crippen molar-refractivity contribution in [2.24, 2.45) is 10.9 Å². The Balaban J connectivity index is 4.27. The SMILES string of the molecule is CCC(CC)N(CCC(N)=NO)C(C)C. The highest BCUT2D eigenvalue weighted by molar-refractivity contribution is 5.79. The lowest BCUT2D eigenvalue weighted by Crippen LogP contribution is -2.41. The molecular weight excluding hydrogens is 190 g/mol. The first-order valence-corrected chi connectivity index (χ1v) is 5.78. The number of amidine groups is 1. The van der Waals surface area contributed by atoms with E-state index in [1.807, 2.05) is 0 Å². The Morgan fingerprint density at radius 2 is 1.87 bits per heavy atom. The predicted molar refractivity (Wildman–Crippen MR) is 64.2 cm³/mol. The van der Waals surface area contributed by atoms with Gasteiger partial charge in [0.05, 0.1) is 0 Å². The van der Waals surface area contributed by atoms with Gasteiger partial charge in [0, 0.05) is 25.0 Å². The van der Waals surface area contributed by atoms with E-state index in [-0.39, 0.29) is 0 Å². The Kier molecular flexibility index (Phi) is 7.13. The van der Waals surface area contributed by atoms with Crippen molar-refractivity contribution >= 4 is 5.84 Å². The molecule has 0 fully saturated rings. The Hall–Kier alpha value is -0.770. The molecule has 0 rings (SSSR count).